The Balaban J connectivity index is 1.52. The van der Waals surface area contributed by atoms with Crippen molar-refractivity contribution in [2.45, 2.75) is 27.0 Å². The summed E-state index contributed by atoms with van der Waals surface area (Å²) >= 11 is 0. The van der Waals surface area contributed by atoms with Crippen LogP contribution in [0.15, 0.2) is 48.7 Å². The van der Waals surface area contributed by atoms with E-state index in [0.29, 0.717) is 13.2 Å². The van der Waals surface area contributed by atoms with E-state index in [1.54, 1.807) is 10.9 Å². The molecule has 1 aliphatic heterocycles. The monoisotopic (exact) mass is 363 g/mol. The molecule has 0 unspecified atom stereocenters. The van der Waals surface area contributed by atoms with Crippen LogP contribution in [0, 0.1) is 6.92 Å². The van der Waals surface area contributed by atoms with E-state index >= 15 is 0 Å². The predicted molar refractivity (Wildman–Crippen MR) is 103 cm³/mol. The summed E-state index contributed by atoms with van der Waals surface area (Å²) in [6.45, 7) is 5.18. The quantitative estimate of drug-likeness (QED) is 0.749. The smallest absolute Gasteiger partial charge is 0.246 e. The summed E-state index contributed by atoms with van der Waals surface area (Å²) in [6, 6.07) is 13.4. The SMILES string of the molecule is CCOc1ccc(NC(=O)Cn2ncc3c2-c2cc(C)ccc2OC3)cc1. The molecule has 6 heteroatoms. The van der Waals surface area contributed by atoms with Crippen molar-refractivity contribution in [1.82, 2.24) is 9.78 Å². The number of carbonyl (C=O) groups excluding carboxylic acids is 1. The highest BCUT2D eigenvalue weighted by atomic mass is 16.5. The summed E-state index contributed by atoms with van der Waals surface area (Å²) in [5, 5.41) is 7.31. The number of benzene rings is 2. The largest absolute Gasteiger partial charge is 0.494 e. The van der Waals surface area contributed by atoms with Gasteiger partial charge in [-0.3, -0.25) is 9.48 Å². The van der Waals surface area contributed by atoms with Gasteiger partial charge in [0.2, 0.25) is 5.91 Å². The summed E-state index contributed by atoms with van der Waals surface area (Å²) in [6.07, 6.45) is 1.77. The van der Waals surface area contributed by atoms with E-state index in [0.717, 1.165) is 39.6 Å². The molecule has 0 fully saturated rings. The lowest BCUT2D eigenvalue weighted by Crippen LogP contribution is -2.20. The first-order valence-corrected chi connectivity index (χ1v) is 8.95. The molecule has 2 aromatic carbocycles. The van der Waals surface area contributed by atoms with Crippen LogP contribution < -0.4 is 14.8 Å². The maximum Gasteiger partial charge on any atom is 0.246 e. The van der Waals surface area contributed by atoms with Crippen molar-refractivity contribution < 1.29 is 14.3 Å². The summed E-state index contributed by atoms with van der Waals surface area (Å²) in [7, 11) is 0. The number of hydrogen-bond acceptors (Lipinski definition) is 4. The van der Waals surface area contributed by atoms with Crippen molar-refractivity contribution in [2.24, 2.45) is 0 Å². The Labute approximate surface area is 157 Å². The van der Waals surface area contributed by atoms with E-state index in [2.05, 4.69) is 16.5 Å². The third-order valence-electron chi connectivity index (χ3n) is 4.43. The predicted octanol–water partition coefficient (Wildman–Crippen LogP) is 3.79. The highest BCUT2D eigenvalue weighted by Gasteiger charge is 2.23. The number of ether oxygens (including phenoxy) is 2. The molecule has 6 nitrogen and oxygen atoms in total. The molecule has 1 aromatic heterocycles. The standard InChI is InChI=1S/C21H21N3O3/c1-3-26-17-7-5-16(6-8-17)23-20(25)12-24-21-15(11-22-24)13-27-19-9-4-14(2)10-18(19)21/h4-11H,3,12-13H2,1-2H3,(H,23,25). The third-order valence-corrected chi connectivity index (χ3v) is 4.43. The lowest BCUT2D eigenvalue weighted by molar-refractivity contribution is -0.116. The van der Waals surface area contributed by atoms with Crippen LogP contribution in [0.25, 0.3) is 11.3 Å². The molecule has 4 rings (SSSR count). The Morgan fingerprint density at radius 3 is 2.85 bits per heavy atom. The number of aryl methyl sites for hydroxylation is 1. The van der Waals surface area contributed by atoms with Crippen LogP contribution in [0.3, 0.4) is 0 Å². The van der Waals surface area contributed by atoms with Gasteiger partial charge in [0.05, 0.1) is 18.5 Å². The fraction of sp³-hybridized carbons (Fsp3) is 0.238. The second kappa shape index (κ2) is 7.15. The molecule has 27 heavy (non-hydrogen) atoms. The van der Waals surface area contributed by atoms with Crippen LogP contribution >= 0.6 is 0 Å². The summed E-state index contributed by atoms with van der Waals surface area (Å²) in [5.74, 6) is 1.47. The van der Waals surface area contributed by atoms with E-state index < -0.39 is 0 Å². The molecule has 0 radical (unpaired) electrons. The zero-order valence-electron chi connectivity index (χ0n) is 15.4. The van der Waals surface area contributed by atoms with Gasteiger partial charge >= 0.3 is 0 Å². The summed E-state index contributed by atoms with van der Waals surface area (Å²) in [4.78, 5) is 12.5. The van der Waals surface area contributed by atoms with Gasteiger partial charge in [0, 0.05) is 16.8 Å². The van der Waals surface area contributed by atoms with E-state index in [9.17, 15) is 4.79 Å². The second-order valence-corrected chi connectivity index (χ2v) is 6.47. The second-order valence-electron chi connectivity index (χ2n) is 6.47. The van der Waals surface area contributed by atoms with Crippen molar-refractivity contribution in [3.05, 3.63) is 59.8 Å². The minimum atomic E-state index is -0.134. The fourth-order valence-corrected chi connectivity index (χ4v) is 3.21. The molecule has 3 aromatic rings. The number of amides is 1. The van der Waals surface area contributed by atoms with Crippen LogP contribution in [0.5, 0.6) is 11.5 Å². The van der Waals surface area contributed by atoms with Gasteiger partial charge in [-0.2, -0.15) is 5.10 Å². The zero-order chi connectivity index (χ0) is 18.8. The number of aromatic nitrogens is 2. The Hall–Kier alpha value is -3.28. The fourth-order valence-electron chi connectivity index (χ4n) is 3.21. The van der Waals surface area contributed by atoms with Gasteiger partial charge in [-0.1, -0.05) is 11.6 Å². The molecule has 2 heterocycles. The van der Waals surface area contributed by atoms with Crippen molar-refractivity contribution in [3.63, 3.8) is 0 Å². The number of nitrogens with zero attached hydrogens (tertiary/aromatic N) is 2. The maximum absolute atomic E-state index is 12.5. The van der Waals surface area contributed by atoms with E-state index in [-0.39, 0.29) is 12.5 Å². The Bertz CT molecular complexity index is 977. The van der Waals surface area contributed by atoms with Crippen molar-refractivity contribution in [2.75, 3.05) is 11.9 Å². The Kier molecular flexibility index (Phi) is 4.54. The van der Waals surface area contributed by atoms with Gasteiger partial charge in [-0.05, 0) is 50.2 Å². The molecule has 0 saturated heterocycles. The number of rotatable bonds is 5. The van der Waals surface area contributed by atoms with Crippen LogP contribution in [-0.4, -0.2) is 22.3 Å². The van der Waals surface area contributed by atoms with Crippen molar-refractivity contribution in [1.29, 1.82) is 0 Å². The number of fused-ring (bicyclic) bond motifs is 3. The molecule has 1 N–H and O–H groups in total. The van der Waals surface area contributed by atoms with Crippen LogP contribution in [0.4, 0.5) is 5.69 Å². The molecule has 1 amide bonds. The topological polar surface area (TPSA) is 65.4 Å². The average molecular weight is 363 g/mol. The van der Waals surface area contributed by atoms with Crippen LogP contribution in [0.1, 0.15) is 18.1 Å². The highest BCUT2D eigenvalue weighted by molar-refractivity contribution is 5.91. The maximum atomic E-state index is 12.5. The Morgan fingerprint density at radius 2 is 2.07 bits per heavy atom. The molecule has 1 aliphatic rings. The molecular weight excluding hydrogens is 342 g/mol. The molecule has 0 saturated carbocycles. The van der Waals surface area contributed by atoms with E-state index in [1.165, 1.54) is 0 Å². The molecule has 0 bridgehead atoms. The minimum Gasteiger partial charge on any atom is -0.494 e. The average Bonchev–Trinajstić information content (AvgIpc) is 3.06. The first-order chi connectivity index (χ1) is 13.1. The van der Waals surface area contributed by atoms with Gasteiger partial charge in [-0.25, -0.2) is 0 Å². The zero-order valence-corrected chi connectivity index (χ0v) is 15.4. The molecule has 0 spiro atoms. The molecular formula is C21H21N3O3. The van der Waals surface area contributed by atoms with Gasteiger partial charge in [0.1, 0.15) is 24.7 Å². The molecule has 0 atom stereocenters. The highest BCUT2D eigenvalue weighted by Crippen LogP contribution is 2.37. The van der Waals surface area contributed by atoms with Gasteiger partial charge in [0.15, 0.2) is 0 Å². The van der Waals surface area contributed by atoms with Gasteiger partial charge in [-0.15, -0.1) is 0 Å². The van der Waals surface area contributed by atoms with E-state index in [1.807, 2.05) is 50.2 Å². The van der Waals surface area contributed by atoms with Crippen molar-refractivity contribution in [3.8, 4) is 22.8 Å². The number of anilines is 1. The van der Waals surface area contributed by atoms with Crippen molar-refractivity contribution >= 4 is 11.6 Å². The lowest BCUT2D eigenvalue weighted by atomic mass is 10.0. The first-order valence-electron chi connectivity index (χ1n) is 8.95. The summed E-state index contributed by atoms with van der Waals surface area (Å²) < 4.78 is 12.9. The first kappa shape index (κ1) is 17.1. The molecule has 138 valence electrons. The number of carbonyl (C=O) groups is 1. The third kappa shape index (κ3) is 3.51. The van der Waals surface area contributed by atoms with Crippen LogP contribution in [-0.2, 0) is 17.9 Å². The normalized spacial score (nSPS) is 11.9. The minimum absolute atomic E-state index is 0.134. The number of hydrogen-bond donors (Lipinski definition) is 1. The number of nitrogens with one attached hydrogen (secondary N) is 1. The van der Waals surface area contributed by atoms with E-state index in [4.69, 9.17) is 9.47 Å². The van der Waals surface area contributed by atoms with Gasteiger partial charge < -0.3 is 14.8 Å². The lowest BCUT2D eigenvalue weighted by Gasteiger charge is -2.19. The molecule has 0 aliphatic carbocycles. The summed E-state index contributed by atoms with van der Waals surface area (Å²) in [5.41, 5.74) is 4.77. The Morgan fingerprint density at radius 1 is 1.26 bits per heavy atom. The van der Waals surface area contributed by atoms with Gasteiger partial charge in [0.25, 0.3) is 0 Å². The van der Waals surface area contributed by atoms with Crippen LogP contribution in [0.2, 0.25) is 0 Å².